The van der Waals surface area contributed by atoms with Crippen LogP contribution in [0.3, 0.4) is 0 Å². The van der Waals surface area contributed by atoms with E-state index in [9.17, 15) is 5.11 Å². The van der Waals surface area contributed by atoms with Crippen molar-refractivity contribution in [1.29, 1.82) is 0 Å². The first-order valence-electron chi connectivity index (χ1n) is 16.8. The van der Waals surface area contributed by atoms with Crippen LogP contribution in [0.4, 0.5) is 0 Å². The van der Waals surface area contributed by atoms with E-state index < -0.39 is 10.6 Å². The average molecular weight is 658 g/mol. The maximum Gasteiger partial charge on any atom is 0.113 e. The van der Waals surface area contributed by atoms with E-state index in [4.69, 9.17) is 99.1 Å². The Kier molecular flexibility index (Phi) is 8.66. The summed E-state index contributed by atoms with van der Waals surface area (Å²) in [6.07, 6.45) is 0. The van der Waals surface area contributed by atoms with Crippen LogP contribution in [0.15, 0.2) is 91.0 Å². The fourth-order valence-corrected chi connectivity index (χ4v) is 7.53. The predicted molar refractivity (Wildman–Crippen MR) is 237 cm³/mol. The molecule has 24 radical (unpaired) electrons. The predicted octanol–water partition coefficient (Wildman–Crippen LogP) is -2.36. The van der Waals surface area contributed by atoms with Gasteiger partial charge in [0.2, 0.25) is 0 Å². The van der Waals surface area contributed by atoms with Gasteiger partial charge in [-0.3, -0.25) is 4.57 Å². The maximum atomic E-state index is 10.8. The van der Waals surface area contributed by atoms with Gasteiger partial charge in [-0.05, 0) is 78.0 Å². The minimum atomic E-state index is -2.56. The molecule has 8 rings (SSSR count). The third kappa shape index (κ3) is 5.14. The zero-order valence-corrected chi connectivity index (χ0v) is 28.9. The van der Waals surface area contributed by atoms with Gasteiger partial charge in [0.25, 0.3) is 0 Å². The van der Waals surface area contributed by atoms with Crippen molar-refractivity contribution in [2.75, 3.05) is 0 Å². The van der Waals surface area contributed by atoms with Crippen LogP contribution >= 0.6 is 0 Å². The molecule has 3 nitrogen and oxygen atoms in total. The topological polar surface area (TPSA) is 38.0 Å². The van der Waals surface area contributed by atoms with E-state index in [0.29, 0.717) is 65.7 Å². The number of benzene rings is 7. The highest BCUT2D eigenvalue weighted by Gasteiger charge is 2.39. The maximum absolute atomic E-state index is 10.8. The van der Waals surface area contributed by atoms with Crippen molar-refractivity contribution in [3.05, 3.63) is 96.8 Å². The van der Waals surface area contributed by atoms with Gasteiger partial charge in [-0.15, -0.1) is 21.9 Å². The lowest BCUT2D eigenvalue weighted by Crippen LogP contribution is -2.55. The van der Waals surface area contributed by atoms with Crippen molar-refractivity contribution < 1.29 is 5.11 Å². The number of hydrogen-bond acceptors (Lipinski definition) is 2. The number of aliphatic hydroxyl groups is 1. The second-order valence-electron chi connectivity index (χ2n) is 13.6. The van der Waals surface area contributed by atoms with Crippen LogP contribution in [0, 0.1) is 0 Å². The molecule has 7 aromatic carbocycles. The van der Waals surface area contributed by atoms with Crippen LogP contribution in [0.2, 0.25) is 0 Å². The number of imidazole rings is 1. The van der Waals surface area contributed by atoms with Crippen molar-refractivity contribution >= 4 is 181 Å². The van der Waals surface area contributed by atoms with E-state index in [0.717, 1.165) is 5.56 Å². The highest BCUT2D eigenvalue weighted by molar-refractivity contribution is 6.71. The SMILES string of the molecule is [B]c1c([B])c([B])c2c(-c3ccc(-n4c(C([B])([B])C([B])([B])O)nc5ccccc54)c4ccccc34)c3c([B])c([B])c([B])c([B])c3c(-c3ccccc3)c2c1[B]. The van der Waals surface area contributed by atoms with Gasteiger partial charge in [0.1, 0.15) is 68.6 Å². The molecule has 0 aliphatic rings. The summed E-state index contributed by atoms with van der Waals surface area (Å²) in [4.78, 5) is 4.69. The summed E-state index contributed by atoms with van der Waals surface area (Å²) in [5.74, 6) is 0.0118. The minimum Gasteiger partial charge on any atom is -0.410 e. The Morgan fingerprint density at radius 3 is 1.48 bits per heavy atom. The third-order valence-electron chi connectivity index (χ3n) is 10.4. The summed E-state index contributed by atoms with van der Waals surface area (Å²) >= 11 is 0. The lowest BCUT2D eigenvalue weighted by Gasteiger charge is -2.39. The largest absolute Gasteiger partial charge is 0.410 e. The number of para-hydroxylation sites is 2. The summed E-state index contributed by atoms with van der Waals surface area (Å²) in [5, 5.41) is 9.36. The Morgan fingerprint density at radius 2 is 0.944 bits per heavy atom. The van der Waals surface area contributed by atoms with E-state index >= 15 is 0 Å². The van der Waals surface area contributed by atoms with Crippen LogP contribution in [-0.2, 0) is 5.21 Å². The molecule has 15 heteroatoms. The van der Waals surface area contributed by atoms with Gasteiger partial charge in [0.15, 0.2) is 0 Å². The molecule has 1 heterocycles. The fraction of sp³-hybridized carbons (Fsp3) is 0.0513. The number of nitrogens with zero attached hydrogens (tertiary/aromatic N) is 2. The molecule has 54 heavy (non-hydrogen) atoms. The van der Waals surface area contributed by atoms with Crippen molar-refractivity contribution in [2.45, 2.75) is 10.6 Å². The molecular weight excluding hydrogens is 642 g/mol. The molecule has 0 unspecified atom stereocenters. The summed E-state index contributed by atoms with van der Waals surface area (Å²) in [6, 6.07) is 28.1. The second-order valence-corrected chi connectivity index (χ2v) is 13.6. The van der Waals surface area contributed by atoms with Crippen molar-refractivity contribution in [3.63, 3.8) is 0 Å². The van der Waals surface area contributed by atoms with E-state index in [1.165, 1.54) is 0 Å². The first-order valence-corrected chi connectivity index (χ1v) is 16.8. The number of hydrogen-bond donors (Lipinski definition) is 1. The standard InChI is InChI=1S/C39H16B12N2O/c40-29-25-23(16-8-2-1-3-9-16)26-28(32(43)36(47)34(45)30(26)41)24(27(25)31(42)35(46)33(29)44)19-14-15-21(18-11-5-4-10-17(18)19)53-22-13-7-6-12-20(22)52-37(53)38(48,49)39(50,51)54/h1-15,54H. The summed E-state index contributed by atoms with van der Waals surface area (Å²) in [5.41, 5.74) is 5.46. The molecule has 8 aromatic rings. The van der Waals surface area contributed by atoms with Crippen molar-refractivity contribution in [2.24, 2.45) is 0 Å². The molecular formula is C39H16B12N2O. The summed E-state index contributed by atoms with van der Waals surface area (Å²) in [7, 11) is 78.8. The van der Waals surface area contributed by atoms with Crippen LogP contribution in [0.5, 0.6) is 0 Å². The van der Waals surface area contributed by atoms with Crippen LogP contribution in [0.25, 0.3) is 71.3 Å². The molecule has 0 bridgehead atoms. The monoisotopic (exact) mass is 660 g/mol. The van der Waals surface area contributed by atoms with E-state index in [1.54, 1.807) is 10.6 Å². The molecule has 0 spiro atoms. The quantitative estimate of drug-likeness (QED) is 0.166. The van der Waals surface area contributed by atoms with Gasteiger partial charge < -0.3 is 5.11 Å². The molecule has 0 saturated carbocycles. The fourth-order valence-electron chi connectivity index (χ4n) is 7.53. The Labute approximate surface area is 329 Å². The van der Waals surface area contributed by atoms with Crippen LogP contribution in [-0.4, -0.2) is 114 Å². The van der Waals surface area contributed by atoms with Crippen LogP contribution in [0.1, 0.15) is 5.82 Å². The first kappa shape index (κ1) is 36.5. The molecule has 1 N–H and O–H groups in total. The minimum absolute atomic E-state index is 0.0118. The first-order chi connectivity index (χ1) is 25.6. The Hall–Kier alpha value is -4.47. The Morgan fingerprint density at radius 1 is 0.481 bits per heavy atom. The normalized spacial score (nSPS) is 12.3. The number of aromatic nitrogens is 2. The summed E-state index contributed by atoms with van der Waals surface area (Å²) in [6.45, 7) is 0. The van der Waals surface area contributed by atoms with Gasteiger partial charge in [-0.25, -0.2) is 4.98 Å². The molecule has 1 aromatic heterocycles. The number of rotatable bonds is 5. The third-order valence-corrected chi connectivity index (χ3v) is 10.4. The highest BCUT2D eigenvalue weighted by Crippen LogP contribution is 2.44. The molecule has 0 aliphatic carbocycles. The smallest absolute Gasteiger partial charge is 0.113 e. The molecule has 0 atom stereocenters. The Bertz CT molecular complexity index is 2800. The van der Waals surface area contributed by atoms with Crippen molar-refractivity contribution in [1.82, 2.24) is 9.55 Å². The lowest BCUT2D eigenvalue weighted by molar-refractivity contribution is 0.189. The lowest BCUT2D eigenvalue weighted by atomic mass is 9.35. The molecule has 0 fully saturated rings. The second kappa shape index (κ2) is 12.8. The molecule has 224 valence electrons. The van der Waals surface area contributed by atoms with E-state index in [-0.39, 0.29) is 49.5 Å². The van der Waals surface area contributed by atoms with Crippen LogP contribution < -0.4 is 43.7 Å². The Balaban J connectivity index is 1.61. The van der Waals surface area contributed by atoms with Gasteiger partial charge in [-0.2, -0.15) is 0 Å². The van der Waals surface area contributed by atoms with Gasteiger partial charge >= 0.3 is 0 Å². The number of fused-ring (bicyclic) bond motifs is 4. The van der Waals surface area contributed by atoms with Gasteiger partial charge in [0, 0.05) is 5.39 Å². The molecule has 0 amide bonds. The van der Waals surface area contributed by atoms with E-state index in [1.807, 2.05) is 84.9 Å². The average Bonchev–Trinajstić information content (AvgIpc) is 3.56. The van der Waals surface area contributed by atoms with Gasteiger partial charge in [-0.1, -0.05) is 94.6 Å². The highest BCUT2D eigenvalue weighted by atomic mass is 16.3. The zero-order valence-electron chi connectivity index (χ0n) is 28.9. The zero-order chi connectivity index (χ0) is 38.6. The molecule has 0 saturated heterocycles. The summed E-state index contributed by atoms with van der Waals surface area (Å²) < 4.78 is 1.72. The van der Waals surface area contributed by atoms with E-state index in [2.05, 4.69) is 0 Å². The van der Waals surface area contributed by atoms with Crippen molar-refractivity contribution in [3.8, 4) is 27.9 Å². The van der Waals surface area contributed by atoms with Gasteiger partial charge in [0.05, 0.1) is 48.1 Å². The molecule has 0 aliphatic heterocycles.